The number of amides is 2. The Morgan fingerprint density at radius 1 is 0.967 bits per heavy atom. The van der Waals surface area contributed by atoms with E-state index in [9.17, 15) is 14.4 Å². The molecular weight excluding hydrogens is 382 g/mol. The number of nitrogens with two attached hydrogens (primary N) is 1. The van der Waals surface area contributed by atoms with Crippen LogP contribution in [0.4, 0.5) is 5.69 Å². The van der Waals surface area contributed by atoms with E-state index in [1.54, 1.807) is 55.5 Å². The maximum absolute atomic E-state index is 12.7. The summed E-state index contributed by atoms with van der Waals surface area (Å²) in [4.78, 5) is 43.2. The number of aromatic nitrogens is 1. The lowest BCUT2D eigenvalue weighted by Crippen LogP contribution is -2.29. The van der Waals surface area contributed by atoms with Gasteiger partial charge in [0.25, 0.3) is 11.8 Å². The minimum Gasteiger partial charge on any atom is -0.461 e. The van der Waals surface area contributed by atoms with Gasteiger partial charge in [-0.25, -0.2) is 9.78 Å². The average Bonchev–Trinajstić information content (AvgIpc) is 2.99. The van der Waals surface area contributed by atoms with Crippen molar-refractivity contribution in [1.29, 1.82) is 0 Å². The highest BCUT2D eigenvalue weighted by Gasteiger charge is 2.35. The van der Waals surface area contributed by atoms with E-state index in [1.807, 2.05) is 12.1 Å². The number of nitrogens with zero attached hydrogens (tertiary/aromatic N) is 2. The van der Waals surface area contributed by atoms with Crippen molar-refractivity contribution in [3.05, 3.63) is 83.2 Å². The van der Waals surface area contributed by atoms with Crippen LogP contribution < -0.4 is 5.73 Å². The molecule has 0 radical (unpaired) electrons. The van der Waals surface area contributed by atoms with Gasteiger partial charge in [-0.05, 0) is 54.4 Å². The number of esters is 1. The lowest BCUT2D eigenvalue weighted by Gasteiger charge is -2.15. The number of hydrogen-bond donors (Lipinski definition) is 1. The smallest absolute Gasteiger partial charge is 0.356 e. The number of imide groups is 1. The fraction of sp³-hybridized carbons (Fsp3) is 0.130. The maximum Gasteiger partial charge on any atom is 0.356 e. The first-order valence-electron chi connectivity index (χ1n) is 9.47. The Hall–Kier alpha value is -4.00. The summed E-state index contributed by atoms with van der Waals surface area (Å²) in [6.07, 6.45) is 0. The first-order valence-corrected chi connectivity index (χ1v) is 9.47. The highest BCUT2D eigenvalue weighted by Crippen LogP contribution is 2.27. The Balaban J connectivity index is 1.72. The molecule has 0 bridgehead atoms. The molecule has 0 unspecified atom stereocenters. The van der Waals surface area contributed by atoms with Crippen LogP contribution in [0.15, 0.2) is 60.7 Å². The minimum absolute atomic E-state index is 0.0540. The summed E-state index contributed by atoms with van der Waals surface area (Å²) < 4.78 is 5.09. The number of carbonyl (C=O) groups is 3. The third-order valence-corrected chi connectivity index (χ3v) is 4.81. The molecule has 1 aromatic heterocycles. The van der Waals surface area contributed by atoms with Crippen LogP contribution in [0.25, 0.3) is 11.1 Å². The quantitative estimate of drug-likeness (QED) is 0.400. The van der Waals surface area contributed by atoms with Gasteiger partial charge in [-0.2, -0.15) is 0 Å². The van der Waals surface area contributed by atoms with Crippen LogP contribution >= 0.6 is 0 Å². The van der Waals surface area contributed by atoms with Crippen molar-refractivity contribution in [3.63, 3.8) is 0 Å². The number of pyridine rings is 1. The third kappa shape index (κ3) is 3.53. The first-order chi connectivity index (χ1) is 14.5. The number of rotatable bonds is 5. The molecule has 30 heavy (non-hydrogen) atoms. The summed E-state index contributed by atoms with van der Waals surface area (Å²) in [5, 5.41) is 0. The molecule has 2 N–H and O–H groups in total. The fourth-order valence-corrected chi connectivity index (χ4v) is 3.37. The van der Waals surface area contributed by atoms with Gasteiger partial charge < -0.3 is 10.5 Å². The van der Waals surface area contributed by atoms with E-state index in [4.69, 9.17) is 10.5 Å². The van der Waals surface area contributed by atoms with E-state index in [-0.39, 0.29) is 30.7 Å². The molecular formula is C23H19N3O4. The largest absolute Gasteiger partial charge is 0.461 e. The Morgan fingerprint density at radius 3 is 2.20 bits per heavy atom. The number of anilines is 1. The molecule has 2 amide bonds. The van der Waals surface area contributed by atoms with Gasteiger partial charge in [0.2, 0.25) is 0 Å². The zero-order valence-corrected chi connectivity index (χ0v) is 16.3. The average molecular weight is 401 g/mol. The molecule has 0 atom stereocenters. The standard InChI is InChI=1S/C23H19N3O4/c1-2-30-23(29)20-12-15(14-7-9-16(24)10-8-14)11-17(25-20)13-26-21(27)18-5-3-4-6-19(18)22(26)28/h3-12H,2,13,24H2,1H3. The molecule has 4 rings (SSSR count). The molecule has 2 heterocycles. The SMILES string of the molecule is CCOC(=O)c1cc(-c2ccc(N)cc2)cc(CN2C(=O)c3ccccc3C2=O)n1. The van der Waals surface area contributed by atoms with Crippen LogP contribution in [0, 0.1) is 0 Å². The van der Waals surface area contributed by atoms with E-state index in [1.165, 1.54) is 0 Å². The van der Waals surface area contributed by atoms with Crippen molar-refractivity contribution in [2.45, 2.75) is 13.5 Å². The number of nitrogen functional groups attached to an aromatic ring is 1. The highest BCUT2D eigenvalue weighted by molar-refractivity contribution is 6.21. The zero-order chi connectivity index (χ0) is 21.3. The predicted molar refractivity (Wildman–Crippen MR) is 111 cm³/mol. The molecule has 7 heteroatoms. The summed E-state index contributed by atoms with van der Waals surface area (Å²) in [7, 11) is 0. The molecule has 1 aliphatic heterocycles. The molecule has 7 nitrogen and oxygen atoms in total. The normalized spacial score (nSPS) is 12.8. The van der Waals surface area contributed by atoms with E-state index in [2.05, 4.69) is 4.98 Å². The van der Waals surface area contributed by atoms with Crippen LogP contribution in [0.1, 0.15) is 43.8 Å². The van der Waals surface area contributed by atoms with Gasteiger partial charge in [0.1, 0.15) is 5.69 Å². The van der Waals surface area contributed by atoms with Crippen LogP contribution in [-0.4, -0.2) is 34.3 Å². The molecule has 3 aromatic rings. The summed E-state index contributed by atoms with van der Waals surface area (Å²) in [6.45, 7) is 1.86. The van der Waals surface area contributed by atoms with Gasteiger partial charge in [0, 0.05) is 5.69 Å². The van der Waals surface area contributed by atoms with Crippen molar-refractivity contribution in [2.75, 3.05) is 12.3 Å². The minimum atomic E-state index is -0.571. The molecule has 0 aliphatic carbocycles. The predicted octanol–water partition coefficient (Wildman–Crippen LogP) is 3.30. The molecule has 150 valence electrons. The van der Waals surface area contributed by atoms with Gasteiger partial charge in [-0.15, -0.1) is 0 Å². The number of benzene rings is 2. The summed E-state index contributed by atoms with van der Waals surface area (Å²) in [5.74, 6) is -1.33. The number of carbonyl (C=O) groups excluding carboxylic acids is 3. The topological polar surface area (TPSA) is 103 Å². The zero-order valence-electron chi connectivity index (χ0n) is 16.3. The van der Waals surface area contributed by atoms with E-state index < -0.39 is 5.97 Å². The Kier molecular flexibility index (Phi) is 5.02. The van der Waals surface area contributed by atoms with Crippen LogP contribution in [0.3, 0.4) is 0 Å². The van der Waals surface area contributed by atoms with Crippen LogP contribution in [-0.2, 0) is 11.3 Å². The number of fused-ring (bicyclic) bond motifs is 1. The summed E-state index contributed by atoms with van der Waals surface area (Å²) in [5.41, 5.74) is 9.15. The monoisotopic (exact) mass is 401 g/mol. The second-order valence-corrected chi connectivity index (χ2v) is 6.82. The molecule has 1 aliphatic rings. The lowest BCUT2D eigenvalue weighted by molar-refractivity contribution is 0.0519. The van der Waals surface area contributed by atoms with Crippen molar-refractivity contribution >= 4 is 23.5 Å². The van der Waals surface area contributed by atoms with E-state index in [0.717, 1.165) is 10.5 Å². The van der Waals surface area contributed by atoms with Crippen molar-refractivity contribution < 1.29 is 19.1 Å². The number of hydrogen-bond acceptors (Lipinski definition) is 6. The van der Waals surface area contributed by atoms with Crippen LogP contribution in [0.5, 0.6) is 0 Å². The Morgan fingerprint density at radius 2 is 1.60 bits per heavy atom. The van der Waals surface area contributed by atoms with Gasteiger partial charge in [-0.3, -0.25) is 14.5 Å². The first kappa shape index (κ1) is 19.3. The second-order valence-electron chi connectivity index (χ2n) is 6.82. The van der Waals surface area contributed by atoms with Crippen LogP contribution in [0.2, 0.25) is 0 Å². The van der Waals surface area contributed by atoms with Crippen molar-refractivity contribution in [3.8, 4) is 11.1 Å². The molecule has 0 saturated carbocycles. The number of ether oxygens (including phenoxy) is 1. The van der Waals surface area contributed by atoms with E-state index >= 15 is 0 Å². The van der Waals surface area contributed by atoms with Crippen molar-refractivity contribution in [2.24, 2.45) is 0 Å². The fourth-order valence-electron chi connectivity index (χ4n) is 3.37. The van der Waals surface area contributed by atoms with Gasteiger partial charge in [0.15, 0.2) is 0 Å². The third-order valence-electron chi connectivity index (χ3n) is 4.81. The van der Waals surface area contributed by atoms with E-state index in [0.29, 0.717) is 28.1 Å². The summed E-state index contributed by atoms with van der Waals surface area (Å²) >= 11 is 0. The van der Waals surface area contributed by atoms with Crippen molar-refractivity contribution in [1.82, 2.24) is 9.88 Å². The van der Waals surface area contributed by atoms with Gasteiger partial charge in [-0.1, -0.05) is 24.3 Å². The Bertz CT molecular complexity index is 1120. The second kappa shape index (κ2) is 7.79. The molecule has 0 spiro atoms. The lowest BCUT2D eigenvalue weighted by atomic mass is 10.0. The summed E-state index contributed by atoms with van der Waals surface area (Å²) in [6, 6.07) is 17.2. The van der Waals surface area contributed by atoms with Gasteiger partial charge in [0.05, 0.1) is 30.0 Å². The molecule has 2 aromatic carbocycles. The molecule has 0 saturated heterocycles. The van der Waals surface area contributed by atoms with Gasteiger partial charge >= 0.3 is 5.97 Å². The molecule has 0 fully saturated rings. The Labute approximate surface area is 173 Å². The maximum atomic E-state index is 12.7. The highest BCUT2D eigenvalue weighted by atomic mass is 16.5.